The van der Waals surface area contributed by atoms with Gasteiger partial charge in [0.25, 0.3) is 0 Å². The number of rotatable bonds is 7. The second-order valence-electron chi connectivity index (χ2n) is 6.44. The molecule has 1 atom stereocenters. The third-order valence-corrected chi connectivity index (χ3v) is 5.74. The number of benzene rings is 2. The van der Waals surface area contributed by atoms with E-state index in [1.54, 1.807) is 13.0 Å². The first-order chi connectivity index (χ1) is 14.3. The summed E-state index contributed by atoms with van der Waals surface area (Å²) in [5.41, 5.74) is 7.85. The number of thioether (sulfide) groups is 1. The Balaban J connectivity index is 1.62. The summed E-state index contributed by atoms with van der Waals surface area (Å²) in [6.45, 7) is 3.70. The molecule has 1 aromatic heterocycles. The highest BCUT2D eigenvalue weighted by Gasteiger charge is 2.17. The molecule has 0 spiro atoms. The normalized spacial score (nSPS) is 11.7. The molecule has 0 aliphatic carbocycles. The van der Waals surface area contributed by atoms with Crippen LogP contribution in [0.15, 0.2) is 46.9 Å². The van der Waals surface area contributed by atoms with Crippen molar-refractivity contribution < 1.29 is 9.18 Å². The largest absolute Gasteiger partial charge is 0.368 e. The molecule has 0 bridgehead atoms. The zero-order valence-corrected chi connectivity index (χ0v) is 18.7. The first-order valence-corrected chi connectivity index (χ1v) is 10.9. The number of carbonyl (C=O) groups is 1. The monoisotopic (exact) mass is 490 g/mol. The second kappa shape index (κ2) is 9.86. The second-order valence-corrected chi connectivity index (χ2v) is 8.68. The number of amides is 1. The van der Waals surface area contributed by atoms with Gasteiger partial charge in [0.1, 0.15) is 11.6 Å². The molecule has 3 rings (SSSR count). The predicted molar refractivity (Wildman–Crippen MR) is 122 cm³/mol. The van der Waals surface area contributed by atoms with E-state index < -0.39 is 11.1 Å². The summed E-state index contributed by atoms with van der Waals surface area (Å²) in [7, 11) is 0. The Bertz CT molecular complexity index is 1070. The molecule has 0 aliphatic rings. The van der Waals surface area contributed by atoms with Crippen molar-refractivity contribution in [3.63, 3.8) is 0 Å². The van der Waals surface area contributed by atoms with Gasteiger partial charge in [0.15, 0.2) is 0 Å². The van der Waals surface area contributed by atoms with Crippen LogP contribution in [-0.4, -0.2) is 26.1 Å². The van der Waals surface area contributed by atoms with Gasteiger partial charge in [0.2, 0.25) is 17.8 Å². The van der Waals surface area contributed by atoms with E-state index in [4.69, 9.17) is 5.73 Å². The zero-order valence-electron chi connectivity index (χ0n) is 16.3. The number of anilines is 4. The van der Waals surface area contributed by atoms with Crippen LogP contribution in [0.4, 0.5) is 27.7 Å². The lowest BCUT2D eigenvalue weighted by Crippen LogP contribution is -2.23. The minimum Gasteiger partial charge on any atom is -0.368 e. The molecular formula is C20H20BrFN6OS. The van der Waals surface area contributed by atoms with Crippen molar-refractivity contribution >= 4 is 56.9 Å². The lowest BCUT2D eigenvalue weighted by Gasteiger charge is -2.13. The van der Waals surface area contributed by atoms with Gasteiger partial charge in [-0.1, -0.05) is 34.1 Å². The number of para-hydroxylation sites is 1. The summed E-state index contributed by atoms with van der Waals surface area (Å²) in [6, 6.07) is 12.2. The van der Waals surface area contributed by atoms with Crippen molar-refractivity contribution in [3.05, 3.63) is 64.1 Å². The number of nitrogen functional groups attached to an aromatic ring is 1. The number of hydrogen-bond acceptors (Lipinski definition) is 7. The third kappa shape index (κ3) is 5.90. The Kier molecular flexibility index (Phi) is 7.22. The lowest BCUT2D eigenvalue weighted by atomic mass is 10.2. The molecule has 0 radical (unpaired) electrons. The van der Waals surface area contributed by atoms with E-state index in [0.717, 1.165) is 11.3 Å². The highest BCUT2D eigenvalue weighted by atomic mass is 79.9. The highest BCUT2D eigenvalue weighted by Crippen LogP contribution is 2.23. The molecule has 0 aliphatic heterocycles. The van der Waals surface area contributed by atoms with Gasteiger partial charge in [-0.15, -0.1) is 11.8 Å². The van der Waals surface area contributed by atoms with Gasteiger partial charge in [-0.25, -0.2) is 4.39 Å². The third-order valence-electron chi connectivity index (χ3n) is 4.11. The Labute approximate surface area is 186 Å². The van der Waals surface area contributed by atoms with Crippen molar-refractivity contribution in [3.8, 4) is 0 Å². The molecule has 1 amide bonds. The zero-order chi connectivity index (χ0) is 21.7. The van der Waals surface area contributed by atoms with Gasteiger partial charge in [0, 0.05) is 10.2 Å². The van der Waals surface area contributed by atoms with Crippen molar-refractivity contribution in [2.24, 2.45) is 0 Å². The fraction of sp³-hybridized carbons (Fsp3) is 0.200. The maximum absolute atomic E-state index is 13.9. The van der Waals surface area contributed by atoms with Gasteiger partial charge in [-0.3, -0.25) is 4.79 Å². The van der Waals surface area contributed by atoms with E-state index in [2.05, 4.69) is 41.5 Å². The topological polar surface area (TPSA) is 106 Å². The highest BCUT2D eigenvalue weighted by molar-refractivity contribution is 9.10. The Morgan fingerprint density at radius 3 is 2.70 bits per heavy atom. The number of hydrogen-bond donors (Lipinski definition) is 3. The lowest BCUT2D eigenvalue weighted by molar-refractivity contribution is -0.115. The molecule has 1 heterocycles. The molecule has 156 valence electrons. The Hall–Kier alpha value is -2.72. The smallest absolute Gasteiger partial charge is 0.237 e. The number of aromatic nitrogens is 3. The van der Waals surface area contributed by atoms with Gasteiger partial charge >= 0.3 is 0 Å². The first kappa shape index (κ1) is 22.0. The number of nitrogens with zero attached hydrogens (tertiary/aromatic N) is 3. The molecule has 1 unspecified atom stereocenters. The van der Waals surface area contributed by atoms with Crippen LogP contribution in [-0.2, 0) is 10.5 Å². The molecule has 7 nitrogen and oxygen atoms in total. The van der Waals surface area contributed by atoms with Crippen LogP contribution < -0.4 is 16.4 Å². The summed E-state index contributed by atoms with van der Waals surface area (Å²) in [6.07, 6.45) is 0. The quantitative estimate of drug-likeness (QED) is 0.441. The number of carbonyl (C=O) groups excluding carboxylic acids is 1. The fourth-order valence-electron chi connectivity index (χ4n) is 2.49. The van der Waals surface area contributed by atoms with Crippen LogP contribution in [0.1, 0.15) is 18.3 Å². The summed E-state index contributed by atoms with van der Waals surface area (Å²) in [5, 5.41) is 5.26. The minimum absolute atomic E-state index is 0.0886. The SMILES string of the molecule is Cc1ccccc1Nc1nc(N)nc(CSC(C)C(=O)Nc2ccc(Br)cc2F)n1. The first-order valence-electron chi connectivity index (χ1n) is 9.02. The molecule has 4 N–H and O–H groups in total. The van der Waals surface area contributed by atoms with Crippen molar-refractivity contribution in [2.45, 2.75) is 24.9 Å². The van der Waals surface area contributed by atoms with E-state index in [9.17, 15) is 9.18 Å². The van der Waals surface area contributed by atoms with E-state index in [0.29, 0.717) is 22.0 Å². The van der Waals surface area contributed by atoms with Crippen LogP contribution in [0.5, 0.6) is 0 Å². The van der Waals surface area contributed by atoms with Crippen molar-refractivity contribution in [1.82, 2.24) is 15.0 Å². The number of aryl methyl sites for hydroxylation is 1. The molecular weight excluding hydrogens is 471 g/mol. The van der Waals surface area contributed by atoms with Crippen LogP contribution in [0.2, 0.25) is 0 Å². The Morgan fingerprint density at radius 2 is 1.97 bits per heavy atom. The van der Waals surface area contributed by atoms with E-state index in [-0.39, 0.29) is 17.5 Å². The van der Waals surface area contributed by atoms with Crippen molar-refractivity contribution in [1.29, 1.82) is 0 Å². The Morgan fingerprint density at radius 1 is 1.20 bits per heavy atom. The van der Waals surface area contributed by atoms with Gasteiger partial charge < -0.3 is 16.4 Å². The van der Waals surface area contributed by atoms with Crippen LogP contribution in [0.25, 0.3) is 0 Å². The molecule has 10 heteroatoms. The van der Waals surface area contributed by atoms with Crippen molar-refractivity contribution in [2.75, 3.05) is 16.4 Å². The fourth-order valence-corrected chi connectivity index (χ4v) is 3.56. The van der Waals surface area contributed by atoms with Crippen LogP contribution in [0, 0.1) is 12.7 Å². The molecule has 2 aromatic carbocycles. The number of nitrogens with one attached hydrogen (secondary N) is 2. The summed E-state index contributed by atoms with van der Waals surface area (Å²) in [4.78, 5) is 25.0. The maximum Gasteiger partial charge on any atom is 0.237 e. The van der Waals surface area contributed by atoms with Gasteiger partial charge in [-0.2, -0.15) is 15.0 Å². The summed E-state index contributed by atoms with van der Waals surface area (Å²) >= 11 is 4.50. The standard InChI is InChI=1S/C20H20BrFN6OS/c1-11-5-3-4-6-15(11)25-20-27-17(26-19(23)28-20)10-30-12(2)18(29)24-16-8-7-13(21)9-14(16)22/h3-9,12H,10H2,1-2H3,(H,24,29)(H3,23,25,26,27,28). The summed E-state index contributed by atoms with van der Waals surface area (Å²) in [5.74, 6) is 0.380. The molecule has 0 saturated heterocycles. The molecule has 0 saturated carbocycles. The van der Waals surface area contributed by atoms with E-state index in [1.807, 2.05) is 31.2 Å². The molecule has 3 aromatic rings. The summed E-state index contributed by atoms with van der Waals surface area (Å²) < 4.78 is 14.5. The van der Waals surface area contributed by atoms with Crippen LogP contribution >= 0.6 is 27.7 Å². The average Bonchev–Trinajstić information content (AvgIpc) is 2.69. The number of halogens is 2. The van der Waals surface area contributed by atoms with Gasteiger partial charge in [0.05, 0.1) is 16.7 Å². The minimum atomic E-state index is -0.507. The van der Waals surface area contributed by atoms with E-state index >= 15 is 0 Å². The predicted octanol–water partition coefficient (Wildman–Crippen LogP) is 4.67. The van der Waals surface area contributed by atoms with Gasteiger partial charge in [-0.05, 0) is 43.7 Å². The number of nitrogens with two attached hydrogens (primary N) is 1. The average molecular weight is 491 g/mol. The maximum atomic E-state index is 13.9. The molecule has 0 fully saturated rings. The molecule has 30 heavy (non-hydrogen) atoms. The van der Waals surface area contributed by atoms with Crippen LogP contribution in [0.3, 0.4) is 0 Å². The van der Waals surface area contributed by atoms with E-state index in [1.165, 1.54) is 23.9 Å².